The average Bonchev–Trinajstić information content (AvgIpc) is 2.89. The molecule has 0 bridgehead atoms. The average molecular weight is 439 g/mol. The van der Waals surface area contributed by atoms with E-state index in [1.54, 1.807) is 7.11 Å². The molecule has 5 rings (SSSR count). The van der Waals surface area contributed by atoms with Gasteiger partial charge in [0, 0.05) is 48.1 Å². The first-order chi connectivity index (χ1) is 16.2. The predicted octanol–water partition coefficient (Wildman–Crippen LogP) is 4.31. The molecule has 166 valence electrons. The molecule has 3 aromatic carbocycles. The van der Waals surface area contributed by atoms with E-state index < -0.39 is 0 Å². The monoisotopic (exact) mass is 438 g/mol. The number of anilines is 1. The highest BCUT2D eigenvalue weighted by molar-refractivity contribution is 6.00. The van der Waals surface area contributed by atoms with E-state index >= 15 is 0 Å². The number of aromatic nitrogens is 2. The molecular weight excluding hydrogens is 412 g/mol. The Morgan fingerprint density at radius 3 is 2.18 bits per heavy atom. The summed E-state index contributed by atoms with van der Waals surface area (Å²) in [5, 5.41) is 11.4. The molecule has 6 nitrogen and oxygen atoms in total. The molecular formula is C27H26N4O2. The first kappa shape index (κ1) is 21.1. The number of hydrogen-bond donors (Lipinski definition) is 0. The van der Waals surface area contributed by atoms with Gasteiger partial charge in [-0.3, -0.25) is 9.69 Å². The van der Waals surface area contributed by atoms with Gasteiger partial charge < -0.3 is 9.64 Å². The fourth-order valence-electron chi connectivity index (χ4n) is 4.32. The minimum atomic E-state index is 0.128. The Labute approximate surface area is 193 Å². The zero-order valence-corrected chi connectivity index (χ0v) is 18.6. The first-order valence-electron chi connectivity index (χ1n) is 11.2. The van der Waals surface area contributed by atoms with E-state index in [-0.39, 0.29) is 5.78 Å². The minimum absolute atomic E-state index is 0.128. The quantitative estimate of drug-likeness (QED) is 0.418. The van der Waals surface area contributed by atoms with Crippen molar-refractivity contribution in [1.82, 2.24) is 15.1 Å². The molecule has 1 saturated heterocycles. The highest BCUT2D eigenvalue weighted by atomic mass is 16.5. The van der Waals surface area contributed by atoms with E-state index in [0.717, 1.165) is 59.8 Å². The zero-order valence-electron chi connectivity index (χ0n) is 18.6. The van der Waals surface area contributed by atoms with Gasteiger partial charge in [-0.2, -0.15) is 0 Å². The van der Waals surface area contributed by atoms with Crippen molar-refractivity contribution in [2.24, 2.45) is 0 Å². The molecule has 0 radical (unpaired) electrons. The van der Waals surface area contributed by atoms with Gasteiger partial charge in [0.1, 0.15) is 11.4 Å². The lowest BCUT2D eigenvalue weighted by molar-refractivity contribution is 0.0926. The van der Waals surface area contributed by atoms with Crippen LogP contribution in [0.1, 0.15) is 10.4 Å². The van der Waals surface area contributed by atoms with Gasteiger partial charge in [0.15, 0.2) is 11.6 Å². The zero-order chi connectivity index (χ0) is 22.6. The summed E-state index contributed by atoms with van der Waals surface area (Å²) < 4.78 is 5.18. The third-order valence-electron chi connectivity index (χ3n) is 6.17. The number of carbonyl (C=O) groups is 1. The molecule has 1 aromatic heterocycles. The van der Waals surface area contributed by atoms with Gasteiger partial charge in [0.05, 0.1) is 13.7 Å². The molecule has 0 saturated carbocycles. The Hall–Kier alpha value is -3.77. The lowest BCUT2D eigenvalue weighted by Crippen LogP contribution is -2.48. The fraction of sp³-hybridized carbons (Fsp3) is 0.222. The highest BCUT2D eigenvalue weighted by Gasteiger charge is 2.23. The normalized spacial score (nSPS) is 14.4. The van der Waals surface area contributed by atoms with Gasteiger partial charge in [-0.1, -0.05) is 54.6 Å². The standard InChI is InChI=1S/C27H26N4O2/c1-33-22-13-11-20(12-14-22)25(32)19-30-15-17-31(18-16-30)27-24-10-6-5-9-23(24)26(28-29-27)21-7-3-2-4-8-21/h2-14H,15-19H2,1H3. The van der Waals surface area contributed by atoms with E-state index in [2.05, 4.69) is 44.3 Å². The maximum Gasteiger partial charge on any atom is 0.176 e. The van der Waals surface area contributed by atoms with Gasteiger partial charge >= 0.3 is 0 Å². The summed E-state index contributed by atoms with van der Waals surface area (Å²) in [6, 6.07) is 25.8. The molecule has 1 aliphatic heterocycles. The molecule has 33 heavy (non-hydrogen) atoms. The molecule has 0 unspecified atom stereocenters. The van der Waals surface area contributed by atoms with Crippen LogP contribution in [0, 0.1) is 0 Å². The van der Waals surface area contributed by atoms with Crippen molar-refractivity contribution in [1.29, 1.82) is 0 Å². The molecule has 0 spiro atoms. The minimum Gasteiger partial charge on any atom is -0.497 e. The number of hydrogen-bond acceptors (Lipinski definition) is 6. The van der Waals surface area contributed by atoms with Crippen LogP contribution >= 0.6 is 0 Å². The third-order valence-corrected chi connectivity index (χ3v) is 6.17. The van der Waals surface area contributed by atoms with Gasteiger partial charge in [0.2, 0.25) is 0 Å². The number of ketones is 1. The molecule has 0 amide bonds. The summed E-state index contributed by atoms with van der Waals surface area (Å²) in [4.78, 5) is 17.2. The molecule has 4 aromatic rings. The van der Waals surface area contributed by atoms with Crippen molar-refractivity contribution < 1.29 is 9.53 Å². The van der Waals surface area contributed by atoms with Crippen LogP contribution in [0.3, 0.4) is 0 Å². The first-order valence-corrected chi connectivity index (χ1v) is 11.2. The van der Waals surface area contributed by atoms with Gasteiger partial charge in [0.25, 0.3) is 0 Å². The maximum absolute atomic E-state index is 12.7. The van der Waals surface area contributed by atoms with E-state index in [1.807, 2.05) is 54.6 Å². The number of carbonyl (C=O) groups excluding carboxylic acids is 1. The molecule has 1 fully saturated rings. The summed E-state index contributed by atoms with van der Waals surface area (Å²) in [6.45, 7) is 3.63. The van der Waals surface area contributed by atoms with Crippen molar-refractivity contribution in [3.63, 3.8) is 0 Å². The number of rotatable bonds is 6. The summed E-state index contributed by atoms with van der Waals surface area (Å²) in [6.07, 6.45) is 0. The maximum atomic E-state index is 12.7. The molecule has 0 aliphatic carbocycles. The molecule has 1 aliphatic rings. The van der Waals surface area contributed by atoms with E-state index in [4.69, 9.17) is 4.74 Å². The van der Waals surface area contributed by atoms with Crippen LogP contribution < -0.4 is 9.64 Å². The lowest BCUT2D eigenvalue weighted by atomic mass is 10.0. The number of piperazine rings is 1. The second kappa shape index (κ2) is 9.38. The van der Waals surface area contributed by atoms with Crippen molar-refractivity contribution >= 4 is 22.4 Å². The Kier molecular flexibility index (Phi) is 6.00. The van der Waals surface area contributed by atoms with Gasteiger partial charge in [-0.25, -0.2) is 0 Å². The molecule has 0 atom stereocenters. The summed E-state index contributed by atoms with van der Waals surface area (Å²) in [5.41, 5.74) is 2.68. The number of Topliss-reactive ketones (excluding diaryl/α,β-unsaturated/α-hetero) is 1. The second-order valence-electron chi connectivity index (χ2n) is 8.20. The third kappa shape index (κ3) is 4.43. The highest BCUT2D eigenvalue weighted by Crippen LogP contribution is 2.31. The predicted molar refractivity (Wildman–Crippen MR) is 131 cm³/mol. The SMILES string of the molecule is COc1ccc(C(=O)CN2CCN(c3nnc(-c4ccccc4)c4ccccc34)CC2)cc1. The summed E-state index contributed by atoms with van der Waals surface area (Å²) in [5.74, 6) is 1.79. The number of ether oxygens (including phenoxy) is 1. The van der Waals surface area contributed by atoms with E-state index in [9.17, 15) is 4.79 Å². The summed E-state index contributed by atoms with van der Waals surface area (Å²) >= 11 is 0. The fourth-order valence-corrected chi connectivity index (χ4v) is 4.32. The van der Waals surface area contributed by atoms with Crippen LogP contribution in [-0.4, -0.2) is 60.7 Å². The number of nitrogens with zero attached hydrogens (tertiary/aromatic N) is 4. The van der Waals surface area contributed by atoms with Crippen LogP contribution in [-0.2, 0) is 0 Å². The topological polar surface area (TPSA) is 58.6 Å². The van der Waals surface area contributed by atoms with Crippen LogP contribution in [0.2, 0.25) is 0 Å². The van der Waals surface area contributed by atoms with Crippen LogP contribution in [0.4, 0.5) is 5.82 Å². The number of methoxy groups -OCH3 is 1. The molecule has 2 heterocycles. The van der Waals surface area contributed by atoms with Crippen molar-refractivity contribution in [3.05, 3.63) is 84.4 Å². The van der Waals surface area contributed by atoms with E-state index in [0.29, 0.717) is 12.1 Å². The van der Waals surface area contributed by atoms with Crippen molar-refractivity contribution in [2.75, 3.05) is 44.7 Å². The Balaban J connectivity index is 1.30. The van der Waals surface area contributed by atoms with Crippen LogP contribution in [0.5, 0.6) is 5.75 Å². The Bertz CT molecular complexity index is 1250. The summed E-state index contributed by atoms with van der Waals surface area (Å²) in [7, 11) is 1.62. The van der Waals surface area contributed by atoms with Crippen LogP contribution in [0.25, 0.3) is 22.0 Å². The number of benzene rings is 3. The van der Waals surface area contributed by atoms with Crippen molar-refractivity contribution in [2.45, 2.75) is 0 Å². The van der Waals surface area contributed by atoms with Crippen LogP contribution in [0.15, 0.2) is 78.9 Å². The number of fused-ring (bicyclic) bond motifs is 1. The molecule has 6 heteroatoms. The lowest BCUT2D eigenvalue weighted by Gasteiger charge is -2.35. The Morgan fingerprint density at radius 1 is 0.818 bits per heavy atom. The molecule has 0 N–H and O–H groups in total. The Morgan fingerprint density at radius 2 is 1.48 bits per heavy atom. The largest absolute Gasteiger partial charge is 0.497 e. The van der Waals surface area contributed by atoms with E-state index in [1.165, 1.54) is 0 Å². The van der Waals surface area contributed by atoms with Gasteiger partial charge in [-0.15, -0.1) is 10.2 Å². The smallest absolute Gasteiger partial charge is 0.176 e. The van der Waals surface area contributed by atoms with Gasteiger partial charge in [-0.05, 0) is 24.3 Å². The second-order valence-corrected chi connectivity index (χ2v) is 8.20. The van der Waals surface area contributed by atoms with Crippen molar-refractivity contribution in [3.8, 4) is 17.0 Å².